The van der Waals surface area contributed by atoms with E-state index in [4.69, 9.17) is 0 Å². The van der Waals surface area contributed by atoms with Crippen molar-refractivity contribution in [1.29, 1.82) is 0 Å². The summed E-state index contributed by atoms with van der Waals surface area (Å²) in [4.78, 5) is 12.3. The van der Waals surface area contributed by atoms with E-state index >= 15 is 0 Å². The average Bonchev–Trinajstić information content (AvgIpc) is 2.84. The second-order valence-corrected chi connectivity index (χ2v) is 4.85. The Morgan fingerprint density at radius 3 is 2.89 bits per heavy atom. The van der Waals surface area contributed by atoms with Crippen molar-refractivity contribution in [3.8, 4) is 0 Å². The van der Waals surface area contributed by atoms with E-state index in [-0.39, 0.29) is 11.7 Å². The van der Waals surface area contributed by atoms with Gasteiger partial charge in [0, 0.05) is 0 Å². The molecule has 1 unspecified atom stereocenters. The number of carbonyl (C=O) groups is 1. The number of hydrogen-bond acceptors (Lipinski definition) is 2. The molecule has 1 heterocycles. The van der Waals surface area contributed by atoms with Crippen molar-refractivity contribution in [3.05, 3.63) is 29.6 Å². The fourth-order valence-corrected chi connectivity index (χ4v) is 2.49. The van der Waals surface area contributed by atoms with Crippen LogP contribution >= 0.6 is 0 Å². The van der Waals surface area contributed by atoms with Crippen molar-refractivity contribution in [1.82, 2.24) is 5.32 Å². The van der Waals surface area contributed by atoms with Gasteiger partial charge in [-0.05, 0) is 44.4 Å². The maximum absolute atomic E-state index is 13.7. The Bertz CT molecular complexity index is 433. The topological polar surface area (TPSA) is 41.1 Å². The predicted molar refractivity (Wildman–Crippen MR) is 70.0 cm³/mol. The summed E-state index contributed by atoms with van der Waals surface area (Å²) >= 11 is 0. The zero-order valence-electron chi connectivity index (χ0n) is 10.8. The van der Waals surface area contributed by atoms with Crippen LogP contribution in [-0.4, -0.2) is 18.0 Å². The summed E-state index contributed by atoms with van der Waals surface area (Å²) in [6.07, 6.45) is 2.51. The highest BCUT2D eigenvalue weighted by Gasteiger charge is 2.39. The molecule has 1 amide bonds. The summed E-state index contributed by atoms with van der Waals surface area (Å²) in [6.45, 7) is 4.61. The molecule has 1 fully saturated rings. The minimum absolute atomic E-state index is 0.129. The zero-order valence-corrected chi connectivity index (χ0v) is 10.8. The smallest absolute Gasteiger partial charge is 0.244 e. The number of anilines is 1. The van der Waals surface area contributed by atoms with Crippen molar-refractivity contribution in [2.45, 2.75) is 38.6 Å². The lowest BCUT2D eigenvalue weighted by Crippen LogP contribution is -2.50. The zero-order chi connectivity index (χ0) is 13.2. The number of carbonyl (C=O) groups excluding carboxylic acids is 1. The van der Waals surface area contributed by atoms with Gasteiger partial charge < -0.3 is 10.6 Å². The number of aryl methyl sites for hydroxylation is 1. The number of amides is 1. The van der Waals surface area contributed by atoms with Crippen molar-refractivity contribution in [2.75, 3.05) is 11.9 Å². The first kappa shape index (κ1) is 13.0. The normalized spacial score (nSPS) is 23.1. The lowest BCUT2D eigenvalue weighted by atomic mass is 9.93. The highest BCUT2D eigenvalue weighted by Crippen LogP contribution is 2.26. The van der Waals surface area contributed by atoms with Crippen molar-refractivity contribution in [3.63, 3.8) is 0 Å². The van der Waals surface area contributed by atoms with Gasteiger partial charge in [0.25, 0.3) is 0 Å². The van der Waals surface area contributed by atoms with Crippen LogP contribution in [0.3, 0.4) is 0 Å². The van der Waals surface area contributed by atoms with E-state index in [1.807, 2.05) is 6.92 Å². The molecule has 98 valence electrons. The Morgan fingerprint density at radius 1 is 1.56 bits per heavy atom. The Morgan fingerprint density at radius 2 is 2.33 bits per heavy atom. The van der Waals surface area contributed by atoms with Crippen LogP contribution in [0.4, 0.5) is 10.1 Å². The first-order chi connectivity index (χ1) is 8.59. The summed E-state index contributed by atoms with van der Waals surface area (Å²) in [5.41, 5.74) is 0.506. The third-order valence-corrected chi connectivity index (χ3v) is 3.74. The fraction of sp³-hybridized carbons (Fsp3) is 0.500. The molecule has 0 saturated carbocycles. The number of nitrogens with one attached hydrogen (secondary N) is 2. The molecule has 1 aliphatic rings. The molecule has 1 aromatic rings. The Labute approximate surface area is 107 Å². The minimum Gasteiger partial charge on any atom is -0.322 e. The molecule has 1 saturated heterocycles. The van der Waals surface area contributed by atoms with Gasteiger partial charge in [-0.3, -0.25) is 4.79 Å². The average molecular weight is 250 g/mol. The lowest BCUT2D eigenvalue weighted by Gasteiger charge is -2.27. The summed E-state index contributed by atoms with van der Waals surface area (Å²) in [6, 6.07) is 4.80. The van der Waals surface area contributed by atoms with E-state index in [1.54, 1.807) is 19.1 Å². The van der Waals surface area contributed by atoms with E-state index in [0.717, 1.165) is 24.9 Å². The summed E-state index contributed by atoms with van der Waals surface area (Å²) < 4.78 is 13.7. The van der Waals surface area contributed by atoms with Crippen molar-refractivity contribution in [2.24, 2.45) is 0 Å². The second kappa shape index (κ2) is 5.06. The molecule has 3 nitrogen and oxygen atoms in total. The molecule has 2 rings (SSSR count). The lowest BCUT2D eigenvalue weighted by molar-refractivity contribution is -0.122. The van der Waals surface area contributed by atoms with Gasteiger partial charge >= 0.3 is 0 Å². The van der Waals surface area contributed by atoms with Crippen LogP contribution in [0.25, 0.3) is 0 Å². The van der Waals surface area contributed by atoms with Gasteiger partial charge in [0.2, 0.25) is 5.91 Å². The van der Waals surface area contributed by atoms with E-state index < -0.39 is 5.54 Å². The van der Waals surface area contributed by atoms with Crippen LogP contribution in [-0.2, 0) is 4.79 Å². The standard InChI is InChI=1S/C14H19FN2O/c1-3-14(8-5-9-16-14)13(18)17-12-10(2)6-4-7-11(12)15/h4,6-7,16H,3,5,8-9H2,1-2H3,(H,17,18). The van der Waals surface area contributed by atoms with Crippen LogP contribution in [0.2, 0.25) is 0 Å². The number of halogens is 1. The summed E-state index contributed by atoms with van der Waals surface area (Å²) in [5, 5.41) is 5.98. The third kappa shape index (κ3) is 2.25. The first-order valence-corrected chi connectivity index (χ1v) is 6.40. The molecule has 0 radical (unpaired) electrons. The molecule has 4 heteroatoms. The molecule has 18 heavy (non-hydrogen) atoms. The molecular weight excluding hydrogens is 231 g/mol. The number of hydrogen-bond donors (Lipinski definition) is 2. The molecule has 1 aliphatic heterocycles. The SMILES string of the molecule is CCC1(C(=O)Nc2c(C)cccc2F)CCCN1. The quantitative estimate of drug-likeness (QED) is 0.865. The molecule has 0 aliphatic carbocycles. The van der Waals surface area contributed by atoms with E-state index in [1.165, 1.54) is 6.07 Å². The highest BCUT2D eigenvalue weighted by molar-refractivity contribution is 5.99. The molecule has 0 bridgehead atoms. The first-order valence-electron chi connectivity index (χ1n) is 6.40. The van der Waals surface area contributed by atoms with Crippen LogP contribution < -0.4 is 10.6 Å². The molecular formula is C14H19FN2O. The number of rotatable bonds is 3. The predicted octanol–water partition coefficient (Wildman–Crippen LogP) is 2.60. The minimum atomic E-state index is -0.533. The molecule has 1 aromatic carbocycles. The monoisotopic (exact) mass is 250 g/mol. The van der Waals surface area contributed by atoms with Gasteiger partial charge in [0.1, 0.15) is 5.82 Å². The van der Waals surface area contributed by atoms with Gasteiger partial charge in [-0.25, -0.2) is 4.39 Å². The van der Waals surface area contributed by atoms with Crippen LogP contribution in [0.5, 0.6) is 0 Å². The van der Waals surface area contributed by atoms with E-state index in [0.29, 0.717) is 12.1 Å². The maximum atomic E-state index is 13.7. The summed E-state index contributed by atoms with van der Waals surface area (Å²) in [5.74, 6) is -0.511. The Balaban J connectivity index is 2.21. The highest BCUT2D eigenvalue weighted by atomic mass is 19.1. The largest absolute Gasteiger partial charge is 0.322 e. The van der Waals surface area contributed by atoms with Crippen molar-refractivity contribution < 1.29 is 9.18 Å². The molecule has 0 aromatic heterocycles. The Hall–Kier alpha value is -1.42. The van der Waals surface area contributed by atoms with Crippen LogP contribution in [0, 0.1) is 12.7 Å². The molecule has 0 spiro atoms. The summed E-state index contributed by atoms with van der Waals surface area (Å²) in [7, 11) is 0. The number of para-hydroxylation sites is 1. The van der Waals surface area contributed by atoms with Gasteiger partial charge in [-0.2, -0.15) is 0 Å². The third-order valence-electron chi connectivity index (χ3n) is 3.74. The van der Waals surface area contributed by atoms with E-state index in [2.05, 4.69) is 10.6 Å². The van der Waals surface area contributed by atoms with E-state index in [9.17, 15) is 9.18 Å². The van der Waals surface area contributed by atoms with Gasteiger partial charge in [0.05, 0.1) is 11.2 Å². The maximum Gasteiger partial charge on any atom is 0.244 e. The van der Waals surface area contributed by atoms with Gasteiger partial charge in [-0.1, -0.05) is 19.1 Å². The number of benzene rings is 1. The van der Waals surface area contributed by atoms with Crippen molar-refractivity contribution >= 4 is 11.6 Å². The fourth-order valence-electron chi connectivity index (χ4n) is 2.49. The van der Waals surface area contributed by atoms with Gasteiger partial charge in [0.15, 0.2) is 0 Å². The molecule has 1 atom stereocenters. The van der Waals surface area contributed by atoms with Crippen LogP contribution in [0.1, 0.15) is 31.7 Å². The van der Waals surface area contributed by atoms with Crippen LogP contribution in [0.15, 0.2) is 18.2 Å². The van der Waals surface area contributed by atoms with Gasteiger partial charge in [-0.15, -0.1) is 0 Å². The Kier molecular flexibility index (Phi) is 3.66. The second-order valence-electron chi connectivity index (χ2n) is 4.85. The molecule has 2 N–H and O–H groups in total.